The van der Waals surface area contributed by atoms with Crippen molar-refractivity contribution in [2.75, 3.05) is 12.3 Å². The number of nitrogen functional groups attached to an aromatic ring is 1. The van der Waals surface area contributed by atoms with Crippen LogP contribution in [0.1, 0.15) is 25.6 Å². The molecule has 1 aromatic rings. The van der Waals surface area contributed by atoms with Crippen molar-refractivity contribution in [2.24, 2.45) is 5.92 Å². The van der Waals surface area contributed by atoms with Crippen LogP contribution in [0.2, 0.25) is 5.28 Å². The molecule has 1 aliphatic rings. The fourth-order valence-corrected chi connectivity index (χ4v) is 2.15. The Labute approximate surface area is 99.4 Å². The number of nitrogens with zero attached hydrogens (tertiary/aromatic N) is 3. The second-order valence-electron chi connectivity index (χ2n) is 4.00. The third kappa shape index (κ3) is 2.80. The maximum Gasteiger partial charge on any atom is 0.227 e. The van der Waals surface area contributed by atoms with Crippen LogP contribution in [-0.4, -0.2) is 27.7 Å². The molecule has 0 spiro atoms. The van der Waals surface area contributed by atoms with Crippen LogP contribution in [0, 0.1) is 5.92 Å². The highest BCUT2D eigenvalue weighted by atomic mass is 35.5. The number of nitrogens with two attached hydrogens (primary N) is 1. The lowest BCUT2D eigenvalue weighted by Crippen LogP contribution is -2.33. The van der Waals surface area contributed by atoms with E-state index >= 15 is 0 Å². The minimum Gasteiger partial charge on any atom is -0.378 e. The fraction of sp³-hybridized carbons (Fsp3) is 0.700. The molecule has 1 heterocycles. The summed E-state index contributed by atoms with van der Waals surface area (Å²) in [6.45, 7) is 2.79. The van der Waals surface area contributed by atoms with E-state index in [4.69, 9.17) is 22.1 Å². The molecule has 0 amide bonds. The van der Waals surface area contributed by atoms with Gasteiger partial charge in [0.2, 0.25) is 11.2 Å². The van der Waals surface area contributed by atoms with Crippen molar-refractivity contribution in [1.29, 1.82) is 0 Å². The van der Waals surface area contributed by atoms with E-state index in [-0.39, 0.29) is 11.2 Å². The van der Waals surface area contributed by atoms with E-state index < -0.39 is 0 Å². The Kier molecular flexibility index (Phi) is 3.56. The van der Waals surface area contributed by atoms with Crippen molar-refractivity contribution in [3.05, 3.63) is 11.1 Å². The Balaban J connectivity index is 1.86. The van der Waals surface area contributed by atoms with Crippen molar-refractivity contribution < 1.29 is 4.74 Å². The van der Waals surface area contributed by atoms with Crippen LogP contribution in [0.5, 0.6) is 0 Å². The number of halogens is 1. The molecule has 16 heavy (non-hydrogen) atoms. The number of hydrogen-bond donors (Lipinski definition) is 1. The standard InChI is InChI=1S/C10H15ClN4O/c1-2-16-7-3-6(4-7)5-8-13-9(11)15-10(12)14-8/h6-7H,2-5H2,1H3,(H2,12,13,14,15). The molecule has 1 aromatic heterocycles. The van der Waals surface area contributed by atoms with Gasteiger partial charge in [-0.3, -0.25) is 0 Å². The molecule has 0 atom stereocenters. The maximum absolute atomic E-state index is 5.71. The summed E-state index contributed by atoms with van der Waals surface area (Å²) < 4.78 is 5.49. The molecule has 1 saturated carbocycles. The Morgan fingerprint density at radius 1 is 1.38 bits per heavy atom. The van der Waals surface area contributed by atoms with Crippen LogP contribution in [0.4, 0.5) is 5.95 Å². The van der Waals surface area contributed by atoms with Gasteiger partial charge in [0, 0.05) is 13.0 Å². The average molecular weight is 243 g/mol. The van der Waals surface area contributed by atoms with Gasteiger partial charge in [-0.15, -0.1) is 0 Å². The molecule has 0 aromatic carbocycles. The Morgan fingerprint density at radius 2 is 2.12 bits per heavy atom. The smallest absolute Gasteiger partial charge is 0.227 e. The van der Waals surface area contributed by atoms with E-state index in [1.807, 2.05) is 6.92 Å². The zero-order valence-electron chi connectivity index (χ0n) is 9.19. The molecule has 88 valence electrons. The van der Waals surface area contributed by atoms with Gasteiger partial charge < -0.3 is 10.5 Å². The Bertz CT molecular complexity index is 348. The van der Waals surface area contributed by atoms with Gasteiger partial charge in [0.05, 0.1) is 6.10 Å². The van der Waals surface area contributed by atoms with Gasteiger partial charge in [0.25, 0.3) is 0 Å². The first-order chi connectivity index (χ1) is 7.67. The van der Waals surface area contributed by atoms with Crippen LogP contribution >= 0.6 is 11.6 Å². The zero-order chi connectivity index (χ0) is 11.5. The number of aromatic nitrogens is 3. The predicted octanol–water partition coefficient (Wildman–Crippen LogP) is 1.46. The van der Waals surface area contributed by atoms with Crippen molar-refractivity contribution in [3.8, 4) is 0 Å². The van der Waals surface area contributed by atoms with Gasteiger partial charge in [-0.1, -0.05) is 0 Å². The predicted molar refractivity (Wildman–Crippen MR) is 61.1 cm³/mol. The maximum atomic E-state index is 5.71. The van der Waals surface area contributed by atoms with E-state index in [1.165, 1.54) is 0 Å². The van der Waals surface area contributed by atoms with E-state index in [0.717, 1.165) is 25.9 Å². The van der Waals surface area contributed by atoms with E-state index in [0.29, 0.717) is 17.8 Å². The average Bonchev–Trinajstić information content (AvgIpc) is 2.13. The molecule has 1 fully saturated rings. The largest absolute Gasteiger partial charge is 0.378 e. The molecular formula is C10H15ClN4O. The van der Waals surface area contributed by atoms with Crippen LogP contribution in [0.3, 0.4) is 0 Å². The summed E-state index contributed by atoms with van der Waals surface area (Å²) in [5.74, 6) is 1.45. The molecule has 5 nitrogen and oxygen atoms in total. The molecule has 0 radical (unpaired) electrons. The molecule has 2 rings (SSSR count). The molecule has 0 bridgehead atoms. The second-order valence-corrected chi connectivity index (χ2v) is 4.34. The van der Waals surface area contributed by atoms with E-state index in [9.17, 15) is 0 Å². The molecule has 0 saturated heterocycles. The third-order valence-corrected chi connectivity index (χ3v) is 2.91. The second kappa shape index (κ2) is 4.93. The van der Waals surface area contributed by atoms with Gasteiger partial charge in [-0.25, -0.2) is 4.98 Å². The summed E-state index contributed by atoms with van der Waals surface area (Å²) >= 11 is 5.71. The van der Waals surface area contributed by atoms with Gasteiger partial charge in [-0.2, -0.15) is 9.97 Å². The van der Waals surface area contributed by atoms with Crippen molar-refractivity contribution in [2.45, 2.75) is 32.3 Å². The summed E-state index contributed by atoms with van der Waals surface area (Å²) in [5, 5.41) is 0.170. The van der Waals surface area contributed by atoms with Crippen LogP contribution < -0.4 is 5.73 Å². The first-order valence-corrected chi connectivity index (χ1v) is 5.82. The normalized spacial score (nSPS) is 24.1. The third-order valence-electron chi connectivity index (χ3n) is 2.74. The lowest BCUT2D eigenvalue weighted by Gasteiger charge is -2.34. The molecule has 6 heteroatoms. The monoisotopic (exact) mass is 242 g/mol. The molecule has 1 aliphatic carbocycles. The van der Waals surface area contributed by atoms with Crippen LogP contribution in [0.25, 0.3) is 0 Å². The van der Waals surface area contributed by atoms with Crippen LogP contribution in [-0.2, 0) is 11.2 Å². The van der Waals surface area contributed by atoms with Crippen molar-refractivity contribution in [3.63, 3.8) is 0 Å². The SMILES string of the molecule is CCOC1CC(Cc2nc(N)nc(Cl)n2)C1. The topological polar surface area (TPSA) is 73.9 Å². The summed E-state index contributed by atoms with van der Waals surface area (Å²) in [7, 11) is 0. The first-order valence-electron chi connectivity index (χ1n) is 5.45. The summed E-state index contributed by atoms with van der Waals surface area (Å²) in [4.78, 5) is 11.8. The van der Waals surface area contributed by atoms with Gasteiger partial charge in [-0.05, 0) is 37.3 Å². The Hall–Kier alpha value is -0.940. The first kappa shape index (κ1) is 11.5. The Morgan fingerprint density at radius 3 is 2.75 bits per heavy atom. The molecular weight excluding hydrogens is 228 g/mol. The van der Waals surface area contributed by atoms with Crippen LogP contribution in [0.15, 0.2) is 0 Å². The molecule has 0 unspecified atom stereocenters. The fourth-order valence-electron chi connectivity index (χ4n) is 1.97. The highest BCUT2D eigenvalue weighted by molar-refractivity contribution is 6.28. The highest BCUT2D eigenvalue weighted by Crippen LogP contribution is 2.32. The van der Waals surface area contributed by atoms with E-state index in [1.54, 1.807) is 0 Å². The van der Waals surface area contributed by atoms with Gasteiger partial charge in [0.1, 0.15) is 5.82 Å². The lowest BCUT2D eigenvalue weighted by atomic mass is 9.80. The minimum atomic E-state index is 0.170. The molecule has 0 aliphatic heterocycles. The number of rotatable bonds is 4. The number of anilines is 1. The van der Waals surface area contributed by atoms with E-state index in [2.05, 4.69) is 15.0 Å². The number of hydrogen-bond acceptors (Lipinski definition) is 5. The zero-order valence-corrected chi connectivity index (χ0v) is 9.94. The van der Waals surface area contributed by atoms with Crippen molar-refractivity contribution in [1.82, 2.24) is 15.0 Å². The number of ether oxygens (including phenoxy) is 1. The summed E-state index contributed by atoms with van der Waals surface area (Å²) in [5.41, 5.74) is 5.50. The lowest BCUT2D eigenvalue weighted by molar-refractivity contribution is -0.0245. The summed E-state index contributed by atoms with van der Waals surface area (Å²) in [6, 6.07) is 0. The minimum absolute atomic E-state index is 0.170. The molecule has 2 N–H and O–H groups in total. The van der Waals surface area contributed by atoms with Gasteiger partial charge in [0.15, 0.2) is 0 Å². The van der Waals surface area contributed by atoms with Gasteiger partial charge >= 0.3 is 0 Å². The quantitative estimate of drug-likeness (QED) is 0.865. The summed E-state index contributed by atoms with van der Waals surface area (Å²) in [6.07, 6.45) is 3.34. The highest BCUT2D eigenvalue weighted by Gasteiger charge is 2.30. The van der Waals surface area contributed by atoms with Crippen molar-refractivity contribution >= 4 is 17.5 Å².